The van der Waals surface area contributed by atoms with Gasteiger partial charge in [0.1, 0.15) is 0 Å². The molecule has 0 N–H and O–H groups in total. The number of pyridine rings is 2. The molecule has 0 unspecified atom stereocenters. The topological polar surface area (TPSA) is 30.2 Å². The predicted molar refractivity (Wildman–Crippen MR) is 210 cm³/mol. The van der Waals surface area contributed by atoms with Crippen LogP contribution in [-0.4, -0.2) is 14.4 Å². The van der Waals surface area contributed by atoms with Gasteiger partial charge in [-0.3, -0.25) is 0 Å². The molecule has 0 aliphatic heterocycles. The van der Waals surface area contributed by atoms with Gasteiger partial charge in [-0.25, -0.2) is 0 Å². The van der Waals surface area contributed by atoms with Crippen LogP contribution in [-0.2, 0) is 26.5 Å². The van der Waals surface area contributed by atoms with Crippen molar-refractivity contribution in [2.24, 2.45) is 5.92 Å². The standard InChI is InChI=1S/C35H25N2S.C11H8N.Ir/c1-2-7-21(6-1)18-22-16-17-36-29(19-22)23-12-14-30-28(20-23)25-9-5-10-27-33-31(37(30)34(25)27)15-13-26-24-8-3-4-11-32(24)38-35(26)33;1-2-6-10(7-3-1)11-8-4-5-9-12-11;/h3-5,8-11,13-17,19-21H,1-2,6-7,18H2;1-6,8-9H;/q2*-1;. The molecule has 10 aromatic rings. The number of hydrogen-bond acceptors (Lipinski definition) is 3. The van der Waals surface area contributed by atoms with Gasteiger partial charge in [-0.2, -0.15) is 0 Å². The quantitative estimate of drug-likeness (QED) is 0.165. The summed E-state index contributed by atoms with van der Waals surface area (Å²) in [6.07, 6.45) is 10.4. The maximum absolute atomic E-state index is 4.76. The molecule has 1 aliphatic carbocycles. The first-order valence-electron chi connectivity index (χ1n) is 17.6. The van der Waals surface area contributed by atoms with E-state index in [-0.39, 0.29) is 20.1 Å². The Hall–Kier alpha value is -4.93. The normalized spacial score (nSPS) is 13.4. The van der Waals surface area contributed by atoms with Gasteiger partial charge in [0.05, 0.1) is 5.52 Å². The molecule has 51 heavy (non-hydrogen) atoms. The number of para-hydroxylation sites is 1. The molecule has 249 valence electrons. The van der Waals surface area contributed by atoms with Crippen LogP contribution >= 0.6 is 11.3 Å². The van der Waals surface area contributed by atoms with Crippen LogP contribution in [0.1, 0.15) is 31.2 Å². The van der Waals surface area contributed by atoms with E-state index in [0.717, 1.165) is 28.4 Å². The summed E-state index contributed by atoms with van der Waals surface area (Å²) < 4.78 is 5.20. The van der Waals surface area contributed by atoms with Gasteiger partial charge in [0, 0.05) is 69.0 Å². The molecule has 1 aliphatic rings. The molecule has 0 bridgehead atoms. The maximum atomic E-state index is 4.76. The smallest absolute Gasteiger partial charge is 0.0517 e. The SMILES string of the molecule is [Ir].[c-]1cc2c(cc1-c1cc(CC3CCCC3)ccn1)c1cccc3c4c5sc6ccccc6c5ccc4n2c13.[c-]1ccccc1-c1ccccn1. The first-order chi connectivity index (χ1) is 24.8. The minimum atomic E-state index is 0. The van der Waals surface area contributed by atoms with E-state index in [9.17, 15) is 0 Å². The van der Waals surface area contributed by atoms with Gasteiger partial charge >= 0.3 is 0 Å². The first kappa shape index (κ1) is 32.0. The van der Waals surface area contributed by atoms with Crippen LogP contribution in [0.3, 0.4) is 0 Å². The molecule has 3 nitrogen and oxygen atoms in total. The van der Waals surface area contributed by atoms with Crippen LogP contribution in [0, 0.1) is 18.1 Å². The Bertz CT molecular complexity index is 2760. The third-order valence-electron chi connectivity index (χ3n) is 10.5. The van der Waals surface area contributed by atoms with Crippen molar-refractivity contribution in [3.05, 3.63) is 151 Å². The molecular weight excluding hydrogens is 819 g/mol. The summed E-state index contributed by atoms with van der Waals surface area (Å²) in [4.78, 5) is 8.98. The molecule has 5 aromatic carbocycles. The Morgan fingerprint density at radius 3 is 2.33 bits per heavy atom. The van der Waals surface area contributed by atoms with Crippen molar-refractivity contribution in [1.82, 2.24) is 14.4 Å². The minimum absolute atomic E-state index is 0. The van der Waals surface area contributed by atoms with Gasteiger partial charge in [0.2, 0.25) is 0 Å². The zero-order valence-electron chi connectivity index (χ0n) is 27.9. The molecule has 0 spiro atoms. The molecule has 5 aromatic heterocycles. The van der Waals surface area contributed by atoms with Gasteiger partial charge in [-0.1, -0.05) is 97.3 Å². The second-order valence-corrected chi connectivity index (χ2v) is 14.6. The number of rotatable bonds is 4. The number of hydrogen-bond donors (Lipinski definition) is 0. The zero-order chi connectivity index (χ0) is 33.0. The Kier molecular flexibility index (Phi) is 8.36. The number of aromatic nitrogens is 3. The van der Waals surface area contributed by atoms with Crippen LogP contribution in [0.25, 0.3) is 80.8 Å². The van der Waals surface area contributed by atoms with E-state index in [2.05, 4.69) is 100 Å². The van der Waals surface area contributed by atoms with Crippen molar-refractivity contribution in [1.29, 1.82) is 0 Å². The molecule has 1 saturated carbocycles. The Labute approximate surface area is 314 Å². The molecule has 11 rings (SSSR count). The first-order valence-corrected chi connectivity index (χ1v) is 18.4. The average Bonchev–Trinajstić information content (AvgIpc) is 3.97. The molecule has 5 heterocycles. The van der Waals surface area contributed by atoms with Gasteiger partial charge in [0.25, 0.3) is 0 Å². The Morgan fingerprint density at radius 2 is 1.47 bits per heavy atom. The van der Waals surface area contributed by atoms with Crippen molar-refractivity contribution >= 4 is 69.6 Å². The number of nitrogens with zero attached hydrogens (tertiary/aromatic N) is 3. The fraction of sp³-hybridized carbons (Fsp3) is 0.130. The van der Waals surface area contributed by atoms with E-state index in [0.29, 0.717) is 0 Å². The van der Waals surface area contributed by atoms with E-state index in [4.69, 9.17) is 4.98 Å². The molecule has 0 atom stereocenters. The van der Waals surface area contributed by atoms with Crippen LogP contribution in [0.5, 0.6) is 0 Å². The van der Waals surface area contributed by atoms with Crippen LogP contribution in [0.15, 0.2) is 134 Å². The minimum Gasteiger partial charge on any atom is -0.350 e. The fourth-order valence-corrected chi connectivity index (χ4v) is 9.46. The Balaban J connectivity index is 0.000000228. The van der Waals surface area contributed by atoms with Crippen molar-refractivity contribution in [2.75, 3.05) is 0 Å². The third-order valence-corrected chi connectivity index (χ3v) is 11.7. The summed E-state index contributed by atoms with van der Waals surface area (Å²) in [5, 5.41) is 8.00. The summed E-state index contributed by atoms with van der Waals surface area (Å²) >= 11 is 1.91. The number of benzene rings is 5. The Morgan fingerprint density at radius 1 is 0.647 bits per heavy atom. The van der Waals surface area contributed by atoms with Gasteiger partial charge < -0.3 is 14.4 Å². The maximum Gasteiger partial charge on any atom is 0.0517 e. The van der Waals surface area contributed by atoms with Crippen molar-refractivity contribution < 1.29 is 20.1 Å². The second-order valence-electron chi connectivity index (χ2n) is 13.5. The molecule has 1 fully saturated rings. The van der Waals surface area contributed by atoms with Crippen LogP contribution in [0.4, 0.5) is 0 Å². The molecule has 5 heteroatoms. The van der Waals surface area contributed by atoms with E-state index in [1.165, 1.54) is 95.9 Å². The summed E-state index contributed by atoms with van der Waals surface area (Å²) in [5.41, 5.74) is 9.34. The summed E-state index contributed by atoms with van der Waals surface area (Å²) in [7, 11) is 0. The van der Waals surface area contributed by atoms with Crippen LogP contribution < -0.4 is 0 Å². The summed E-state index contributed by atoms with van der Waals surface area (Å²) in [5.74, 6) is 0.832. The molecule has 0 amide bonds. The zero-order valence-corrected chi connectivity index (χ0v) is 31.1. The van der Waals surface area contributed by atoms with Crippen molar-refractivity contribution in [3.63, 3.8) is 0 Å². The third kappa shape index (κ3) is 5.52. The summed E-state index contributed by atoms with van der Waals surface area (Å²) in [6.45, 7) is 0. The molecular formula is C46H33IrN3S-2. The fourth-order valence-electron chi connectivity index (χ4n) is 8.20. The van der Waals surface area contributed by atoms with Crippen LogP contribution in [0.2, 0.25) is 0 Å². The second kappa shape index (κ2) is 13.3. The van der Waals surface area contributed by atoms with Crippen molar-refractivity contribution in [2.45, 2.75) is 32.1 Å². The van der Waals surface area contributed by atoms with Gasteiger partial charge in [0.15, 0.2) is 0 Å². The number of thiophene rings is 1. The predicted octanol–water partition coefficient (Wildman–Crippen LogP) is 12.3. The van der Waals surface area contributed by atoms with E-state index >= 15 is 0 Å². The molecule has 0 saturated heterocycles. The van der Waals surface area contributed by atoms with E-state index in [1.807, 2.05) is 60.0 Å². The summed E-state index contributed by atoms with van der Waals surface area (Å²) in [6, 6.07) is 49.6. The van der Waals surface area contributed by atoms with Crippen molar-refractivity contribution in [3.8, 4) is 22.5 Å². The van der Waals surface area contributed by atoms with E-state index < -0.39 is 0 Å². The van der Waals surface area contributed by atoms with Gasteiger partial charge in [-0.05, 0) is 58.9 Å². The van der Waals surface area contributed by atoms with Gasteiger partial charge in [-0.15, -0.1) is 71.0 Å². The number of fused-ring (bicyclic) bond motifs is 10. The molecule has 1 radical (unpaired) electrons. The average molecular weight is 852 g/mol. The largest absolute Gasteiger partial charge is 0.350 e. The van der Waals surface area contributed by atoms with E-state index in [1.54, 1.807) is 6.20 Å². The monoisotopic (exact) mass is 852 g/mol.